The van der Waals surface area contributed by atoms with Gasteiger partial charge in [-0.1, -0.05) is 17.7 Å². The second-order valence-electron chi connectivity index (χ2n) is 4.31. The van der Waals surface area contributed by atoms with Gasteiger partial charge in [0.05, 0.1) is 10.7 Å². The molecule has 1 N–H and O–H groups in total. The molecule has 0 amide bonds. The highest BCUT2D eigenvalue weighted by atomic mass is 35.5. The van der Waals surface area contributed by atoms with Gasteiger partial charge in [0.25, 0.3) is 0 Å². The van der Waals surface area contributed by atoms with E-state index in [-0.39, 0.29) is 6.61 Å². The first-order chi connectivity index (χ1) is 7.81. The average Bonchev–Trinajstić information content (AvgIpc) is 2.31. The minimum absolute atomic E-state index is 0.180. The number of halogens is 1. The summed E-state index contributed by atoms with van der Waals surface area (Å²) in [5, 5.41) is 9.69. The number of hydrogen-bond acceptors (Lipinski definition) is 2. The van der Waals surface area contributed by atoms with Gasteiger partial charge in [-0.25, -0.2) is 0 Å². The van der Waals surface area contributed by atoms with E-state index in [4.69, 9.17) is 16.7 Å². The van der Waals surface area contributed by atoms with E-state index in [1.165, 1.54) is 19.3 Å². The monoisotopic (exact) mass is 239 g/mol. The summed E-state index contributed by atoms with van der Waals surface area (Å²) in [6.07, 6.45) is 4.53. The molecule has 88 valence electrons. The fraction of sp³-hybridized carbons (Fsp3) is 0.538. The van der Waals surface area contributed by atoms with Crippen molar-refractivity contribution in [1.29, 1.82) is 0 Å². The van der Waals surface area contributed by atoms with Crippen LogP contribution < -0.4 is 4.90 Å². The summed E-state index contributed by atoms with van der Waals surface area (Å²) in [6.45, 7) is 2.40. The van der Waals surface area contributed by atoms with Crippen LogP contribution in [0.4, 0.5) is 5.69 Å². The zero-order chi connectivity index (χ0) is 11.4. The van der Waals surface area contributed by atoms with Crippen LogP contribution in [0.2, 0.25) is 5.02 Å². The standard InChI is InChI=1S/C13H18ClNO/c14-12-10-11(6-9-16)4-5-13(12)15-7-2-1-3-8-15/h4-5,10,16H,1-3,6-9H2. The van der Waals surface area contributed by atoms with Crippen LogP contribution in [0.1, 0.15) is 24.8 Å². The van der Waals surface area contributed by atoms with Gasteiger partial charge in [0, 0.05) is 19.7 Å². The quantitative estimate of drug-likeness (QED) is 0.877. The third kappa shape index (κ3) is 2.69. The lowest BCUT2D eigenvalue weighted by Crippen LogP contribution is -2.29. The highest BCUT2D eigenvalue weighted by molar-refractivity contribution is 6.33. The number of rotatable bonds is 3. The van der Waals surface area contributed by atoms with E-state index in [1.54, 1.807) is 0 Å². The molecular formula is C13H18ClNO. The third-order valence-electron chi connectivity index (χ3n) is 3.11. The molecule has 16 heavy (non-hydrogen) atoms. The zero-order valence-corrected chi connectivity index (χ0v) is 10.2. The predicted molar refractivity (Wildman–Crippen MR) is 68.3 cm³/mol. The van der Waals surface area contributed by atoms with Crippen LogP contribution in [0.25, 0.3) is 0 Å². The number of benzene rings is 1. The number of anilines is 1. The highest BCUT2D eigenvalue weighted by Crippen LogP contribution is 2.29. The van der Waals surface area contributed by atoms with Gasteiger partial charge < -0.3 is 10.0 Å². The van der Waals surface area contributed by atoms with Crippen LogP contribution in [0.5, 0.6) is 0 Å². The molecule has 1 saturated heterocycles. The lowest BCUT2D eigenvalue weighted by atomic mass is 10.1. The first kappa shape index (κ1) is 11.7. The van der Waals surface area contributed by atoms with Gasteiger partial charge in [0.1, 0.15) is 0 Å². The second kappa shape index (κ2) is 5.55. The molecule has 0 radical (unpaired) electrons. The fourth-order valence-electron chi connectivity index (χ4n) is 2.23. The van der Waals surface area contributed by atoms with Crippen LogP contribution in [0, 0.1) is 0 Å². The molecule has 1 heterocycles. The van der Waals surface area contributed by atoms with Gasteiger partial charge >= 0.3 is 0 Å². The van der Waals surface area contributed by atoms with Crippen molar-refractivity contribution in [3.8, 4) is 0 Å². The van der Waals surface area contributed by atoms with Crippen LogP contribution in [-0.2, 0) is 6.42 Å². The van der Waals surface area contributed by atoms with Gasteiger partial charge in [0.2, 0.25) is 0 Å². The molecule has 3 heteroatoms. The average molecular weight is 240 g/mol. The van der Waals surface area contributed by atoms with Crippen molar-refractivity contribution in [1.82, 2.24) is 0 Å². The van der Waals surface area contributed by atoms with E-state index in [1.807, 2.05) is 6.07 Å². The SMILES string of the molecule is OCCc1ccc(N2CCCCC2)c(Cl)c1. The van der Waals surface area contributed by atoms with Crippen molar-refractivity contribution in [3.63, 3.8) is 0 Å². The van der Waals surface area contributed by atoms with Crippen LogP contribution in [-0.4, -0.2) is 24.8 Å². The Hall–Kier alpha value is -0.730. The Balaban J connectivity index is 2.14. The van der Waals surface area contributed by atoms with Crippen molar-refractivity contribution in [2.24, 2.45) is 0 Å². The molecular weight excluding hydrogens is 222 g/mol. The number of piperidine rings is 1. The first-order valence-electron chi connectivity index (χ1n) is 5.95. The molecule has 0 aromatic heterocycles. The number of aliphatic hydroxyl groups excluding tert-OH is 1. The molecule has 1 aromatic rings. The van der Waals surface area contributed by atoms with Gasteiger partial charge in [-0.2, -0.15) is 0 Å². The van der Waals surface area contributed by atoms with E-state index in [0.717, 1.165) is 29.4 Å². The summed E-state index contributed by atoms with van der Waals surface area (Å²) in [5.74, 6) is 0. The molecule has 1 aliphatic heterocycles. The highest BCUT2D eigenvalue weighted by Gasteiger charge is 2.13. The Bertz CT molecular complexity index is 348. The molecule has 1 aromatic carbocycles. The molecule has 2 nitrogen and oxygen atoms in total. The third-order valence-corrected chi connectivity index (χ3v) is 3.41. The number of hydrogen-bond donors (Lipinski definition) is 1. The minimum atomic E-state index is 0.180. The smallest absolute Gasteiger partial charge is 0.0642 e. The molecule has 1 fully saturated rings. The predicted octanol–water partition coefficient (Wildman–Crippen LogP) is 2.87. The van der Waals surface area contributed by atoms with E-state index >= 15 is 0 Å². The number of aliphatic hydroxyl groups is 1. The molecule has 0 spiro atoms. The van der Waals surface area contributed by atoms with E-state index < -0.39 is 0 Å². The maximum absolute atomic E-state index is 8.88. The summed E-state index contributed by atoms with van der Waals surface area (Å²) in [4.78, 5) is 2.36. The fourth-order valence-corrected chi connectivity index (χ4v) is 2.55. The molecule has 0 atom stereocenters. The zero-order valence-electron chi connectivity index (χ0n) is 9.45. The Kier molecular flexibility index (Phi) is 4.08. The Labute approximate surface area is 102 Å². The van der Waals surface area contributed by atoms with Gasteiger partial charge in [-0.05, 0) is 43.4 Å². The summed E-state index contributed by atoms with van der Waals surface area (Å²) in [5.41, 5.74) is 2.25. The van der Waals surface area contributed by atoms with Crippen molar-refractivity contribution >= 4 is 17.3 Å². The summed E-state index contributed by atoms with van der Waals surface area (Å²) >= 11 is 6.28. The number of nitrogens with zero attached hydrogens (tertiary/aromatic N) is 1. The Morgan fingerprint density at radius 2 is 1.94 bits per heavy atom. The van der Waals surface area contributed by atoms with Crippen molar-refractivity contribution < 1.29 is 5.11 Å². The van der Waals surface area contributed by atoms with Gasteiger partial charge in [-0.15, -0.1) is 0 Å². The Morgan fingerprint density at radius 3 is 2.56 bits per heavy atom. The maximum Gasteiger partial charge on any atom is 0.0642 e. The van der Waals surface area contributed by atoms with Crippen molar-refractivity contribution in [2.45, 2.75) is 25.7 Å². The summed E-state index contributed by atoms with van der Waals surface area (Å²) in [6, 6.07) is 6.12. The molecule has 0 aliphatic carbocycles. The normalized spacial score (nSPS) is 16.5. The summed E-state index contributed by atoms with van der Waals surface area (Å²) < 4.78 is 0. The van der Waals surface area contributed by atoms with Crippen molar-refractivity contribution in [3.05, 3.63) is 28.8 Å². The minimum Gasteiger partial charge on any atom is -0.396 e. The molecule has 0 bridgehead atoms. The van der Waals surface area contributed by atoms with Crippen LogP contribution in [0.15, 0.2) is 18.2 Å². The van der Waals surface area contributed by atoms with Crippen LogP contribution in [0.3, 0.4) is 0 Å². The maximum atomic E-state index is 8.88. The lowest BCUT2D eigenvalue weighted by molar-refractivity contribution is 0.299. The topological polar surface area (TPSA) is 23.5 Å². The van der Waals surface area contributed by atoms with E-state index in [2.05, 4.69) is 17.0 Å². The molecule has 0 unspecified atom stereocenters. The van der Waals surface area contributed by atoms with Crippen LogP contribution >= 0.6 is 11.6 Å². The van der Waals surface area contributed by atoms with Gasteiger partial charge in [0.15, 0.2) is 0 Å². The van der Waals surface area contributed by atoms with E-state index in [9.17, 15) is 0 Å². The first-order valence-corrected chi connectivity index (χ1v) is 6.33. The molecule has 1 aliphatic rings. The largest absolute Gasteiger partial charge is 0.396 e. The Morgan fingerprint density at radius 1 is 1.19 bits per heavy atom. The van der Waals surface area contributed by atoms with E-state index in [0.29, 0.717) is 6.42 Å². The lowest BCUT2D eigenvalue weighted by Gasteiger charge is -2.29. The molecule has 0 saturated carbocycles. The summed E-state index contributed by atoms with van der Waals surface area (Å²) in [7, 11) is 0. The second-order valence-corrected chi connectivity index (χ2v) is 4.71. The molecule has 2 rings (SSSR count). The van der Waals surface area contributed by atoms with Gasteiger partial charge in [-0.3, -0.25) is 0 Å². The van der Waals surface area contributed by atoms with Crippen molar-refractivity contribution in [2.75, 3.05) is 24.6 Å².